The summed E-state index contributed by atoms with van der Waals surface area (Å²) < 4.78 is 6.23. The Balaban J connectivity index is 1.49. The zero-order chi connectivity index (χ0) is 17.3. The first kappa shape index (κ1) is 16.2. The predicted octanol–water partition coefficient (Wildman–Crippen LogP) is 4.92. The summed E-state index contributed by atoms with van der Waals surface area (Å²) in [6.45, 7) is 0. The molecule has 0 saturated heterocycles. The predicted molar refractivity (Wildman–Crippen MR) is 99.6 cm³/mol. The molecule has 1 amide bonds. The number of ether oxygens (including phenoxy) is 1. The van der Waals surface area contributed by atoms with Gasteiger partial charge in [0.1, 0.15) is 11.4 Å². The van der Waals surface area contributed by atoms with Gasteiger partial charge in [0, 0.05) is 23.1 Å². The molecule has 2 aromatic rings. The molecule has 1 aliphatic carbocycles. The minimum Gasteiger partial charge on any atom is -0.487 e. The fraction of sp³-hybridized carbons (Fsp3) is 0.286. The smallest absolute Gasteiger partial charge is 0.244 e. The van der Waals surface area contributed by atoms with Crippen molar-refractivity contribution in [2.75, 3.05) is 0 Å². The monoisotopic (exact) mass is 353 g/mol. The van der Waals surface area contributed by atoms with Crippen LogP contribution in [0.2, 0.25) is 5.02 Å². The van der Waals surface area contributed by atoms with Crippen LogP contribution in [0, 0.1) is 0 Å². The molecular weight excluding hydrogens is 334 g/mol. The van der Waals surface area contributed by atoms with Gasteiger partial charge in [-0.15, -0.1) is 0 Å². The number of fused-ring (bicyclic) bond motifs is 1. The van der Waals surface area contributed by atoms with E-state index in [1.807, 2.05) is 48.5 Å². The van der Waals surface area contributed by atoms with Gasteiger partial charge in [-0.1, -0.05) is 41.9 Å². The normalized spacial score (nSPS) is 20.6. The number of hydrogen-bond donors (Lipinski definition) is 1. The minimum absolute atomic E-state index is 0.00684. The maximum atomic E-state index is 12.4. The number of rotatable bonds is 3. The lowest BCUT2D eigenvalue weighted by Crippen LogP contribution is -2.49. The topological polar surface area (TPSA) is 38.3 Å². The summed E-state index contributed by atoms with van der Waals surface area (Å²) in [5.41, 5.74) is 1.92. The molecule has 4 rings (SSSR count). The molecule has 1 atom stereocenters. The van der Waals surface area contributed by atoms with Gasteiger partial charge in [-0.2, -0.15) is 0 Å². The van der Waals surface area contributed by atoms with Crippen molar-refractivity contribution in [1.29, 1.82) is 0 Å². The molecule has 1 aliphatic heterocycles. The Morgan fingerprint density at radius 3 is 2.64 bits per heavy atom. The molecular formula is C21H20ClNO2. The number of halogens is 1. The number of hydrogen-bond acceptors (Lipinski definition) is 2. The van der Waals surface area contributed by atoms with Gasteiger partial charge in [0.25, 0.3) is 0 Å². The second-order valence-electron chi connectivity index (χ2n) is 6.83. The third-order valence-corrected chi connectivity index (χ3v) is 5.33. The molecule has 1 fully saturated rings. The van der Waals surface area contributed by atoms with Crippen molar-refractivity contribution in [1.82, 2.24) is 5.32 Å². The Kier molecular flexibility index (Phi) is 4.26. The molecule has 0 bridgehead atoms. The first-order valence-corrected chi connectivity index (χ1v) is 9.03. The SMILES string of the molecule is O=C(/C=C/c1ccc(Cl)cc1)NC1CC2(CCC2)Oc2ccccc21. The van der Waals surface area contributed by atoms with Gasteiger partial charge < -0.3 is 10.1 Å². The highest BCUT2D eigenvalue weighted by molar-refractivity contribution is 6.30. The van der Waals surface area contributed by atoms with E-state index in [0.29, 0.717) is 5.02 Å². The summed E-state index contributed by atoms with van der Waals surface area (Å²) >= 11 is 5.88. The van der Waals surface area contributed by atoms with Gasteiger partial charge in [0.05, 0.1) is 6.04 Å². The van der Waals surface area contributed by atoms with Gasteiger partial charge >= 0.3 is 0 Å². The number of benzene rings is 2. The third-order valence-electron chi connectivity index (χ3n) is 5.08. The number of nitrogens with one attached hydrogen (secondary N) is 1. The summed E-state index contributed by atoms with van der Waals surface area (Å²) in [6.07, 6.45) is 7.54. The standard InChI is InChI=1S/C21H20ClNO2/c22-16-9-6-15(7-10-16)8-11-20(24)23-18-14-21(12-3-13-21)25-19-5-2-1-4-17(18)19/h1-2,4-11,18H,3,12-14H2,(H,23,24)/b11-8+. The van der Waals surface area contributed by atoms with Crippen molar-refractivity contribution in [3.05, 3.63) is 70.8 Å². The molecule has 1 heterocycles. The van der Waals surface area contributed by atoms with Gasteiger partial charge in [0.15, 0.2) is 0 Å². The highest BCUT2D eigenvalue weighted by Crippen LogP contribution is 2.48. The van der Waals surface area contributed by atoms with E-state index in [4.69, 9.17) is 16.3 Å². The number of carbonyl (C=O) groups excluding carboxylic acids is 1. The highest BCUT2D eigenvalue weighted by atomic mass is 35.5. The van der Waals surface area contributed by atoms with Crippen molar-refractivity contribution in [3.63, 3.8) is 0 Å². The largest absolute Gasteiger partial charge is 0.487 e. The minimum atomic E-state index is -0.0915. The van der Waals surface area contributed by atoms with Gasteiger partial charge in [-0.05, 0) is 49.1 Å². The van der Waals surface area contributed by atoms with E-state index in [-0.39, 0.29) is 17.6 Å². The van der Waals surface area contributed by atoms with Gasteiger partial charge in [0.2, 0.25) is 5.91 Å². The van der Waals surface area contributed by atoms with E-state index >= 15 is 0 Å². The molecule has 0 aromatic heterocycles. The second kappa shape index (κ2) is 6.57. The zero-order valence-electron chi connectivity index (χ0n) is 13.9. The molecule has 0 radical (unpaired) electrons. The molecule has 3 nitrogen and oxygen atoms in total. The Morgan fingerprint density at radius 1 is 1.16 bits per heavy atom. The van der Waals surface area contributed by atoms with Crippen LogP contribution in [0.3, 0.4) is 0 Å². The van der Waals surface area contributed by atoms with E-state index in [9.17, 15) is 4.79 Å². The van der Waals surface area contributed by atoms with Crippen LogP contribution in [-0.4, -0.2) is 11.5 Å². The lowest BCUT2D eigenvalue weighted by Gasteiger charge is -2.47. The summed E-state index contributed by atoms with van der Waals surface area (Å²) in [4.78, 5) is 12.4. The highest BCUT2D eigenvalue weighted by Gasteiger charge is 2.45. The van der Waals surface area contributed by atoms with Crippen molar-refractivity contribution in [2.24, 2.45) is 0 Å². The van der Waals surface area contributed by atoms with Gasteiger partial charge in [-0.25, -0.2) is 0 Å². The Labute approximate surface area is 152 Å². The Hall–Kier alpha value is -2.26. The van der Waals surface area contributed by atoms with Crippen molar-refractivity contribution in [2.45, 2.75) is 37.3 Å². The first-order chi connectivity index (χ1) is 12.1. The first-order valence-electron chi connectivity index (χ1n) is 8.66. The van der Waals surface area contributed by atoms with E-state index in [0.717, 1.165) is 36.1 Å². The van der Waals surface area contributed by atoms with Gasteiger partial charge in [-0.3, -0.25) is 4.79 Å². The summed E-state index contributed by atoms with van der Waals surface area (Å²) in [7, 11) is 0. The zero-order valence-corrected chi connectivity index (χ0v) is 14.6. The molecule has 128 valence electrons. The average molecular weight is 354 g/mol. The molecule has 1 N–H and O–H groups in total. The second-order valence-corrected chi connectivity index (χ2v) is 7.26. The maximum absolute atomic E-state index is 12.4. The van der Waals surface area contributed by atoms with E-state index in [1.54, 1.807) is 12.2 Å². The molecule has 2 aromatic carbocycles. The van der Waals surface area contributed by atoms with Crippen LogP contribution in [0.1, 0.15) is 42.9 Å². The number of amides is 1. The van der Waals surface area contributed by atoms with Crippen LogP contribution in [-0.2, 0) is 4.79 Å². The van der Waals surface area contributed by atoms with Crippen molar-refractivity contribution < 1.29 is 9.53 Å². The number of para-hydroxylation sites is 1. The van der Waals surface area contributed by atoms with Crippen molar-refractivity contribution in [3.8, 4) is 5.75 Å². The third kappa shape index (κ3) is 3.42. The average Bonchev–Trinajstić information content (AvgIpc) is 2.60. The van der Waals surface area contributed by atoms with Crippen LogP contribution in [0.25, 0.3) is 6.08 Å². The lowest BCUT2D eigenvalue weighted by atomic mass is 9.73. The van der Waals surface area contributed by atoms with E-state index in [1.165, 1.54) is 6.42 Å². The van der Waals surface area contributed by atoms with Crippen molar-refractivity contribution >= 4 is 23.6 Å². The quantitative estimate of drug-likeness (QED) is 0.796. The van der Waals surface area contributed by atoms with Crippen LogP contribution in [0.5, 0.6) is 5.75 Å². The molecule has 4 heteroatoms. The fourth-order valence-corrected chi connectivity index (χ4v) is 3.72. The summed E-state index contributed by atoms with van der Waals surface area (Å²) in [5, 5.41) is 3.83. The summed E-state index contributed by atoms with van der Waals surface area (Å²) in [5.74, 6) is 0.812. The van der Waals surface area contributed by atoms with Crippen LogP contribution in [0.4, 0.5) is 0 Å². The summed E-state index contributed by atoms with van der Waals surface area (Å²) in [6, 6.07) is 15.4. The molecule has 2 aliphatic rings. The van der Waals surface area contributed by atoms with Crippen LogP contribution in [0.15, 0.2) is 54.6 Å². The Morgan fingerprint density at radius 2 is 1.92 bits per heavy atom. The van der Waals surface area contributed by atoms with Crippen LogP contribution >= 0.6 is 11.6 Å². The fourth-order valence-electron chi connectivity index (χ4n) is 3.59. The molecule has 1 saturated carbocycles. The van der Waals surface area contributed by atoms with E-state index < -0.39 is 0 Å². The Bertz CT molecular complexity index is 809. The molecule has 1 unspecified atom stereocenters. The number of carbonyl (C=O) groups is 1. The molecule has 1 spiro atoms. The lowest BCUT2D eigenvalue weighted by molar-refractivity contribution is -0.118. The molecule has 25 heavy (non-hydrogen) atoms. The van der Waals surface area contributed by atoms with E-state index in [2.05, 4.69) is 5.32 Å². The van der Waals surface area contributed by atoms with Crippen LogP contribution < -0.4 is 10.1 Å². The maximum Gasteiger partial charge on any atom is 0.244 e.